The van der Waals surface area contributed by atoms with Crippen molar-refractivity contribution in [1.29, 1.82) is 0 Å². The predicted octanol–water partition coefficient (Wildman–Crippen LogP) is 5.44. The fourth-order valence-electron chi connectivity index (χ4n) is 3.98. The quantitative estimate of drug-likeness (QED) is 0.0464. The monoisotopic (exact) mass is 621 g/mol. The van der Waals surface area contributed by atoms with Crippen LogP contribution in [0.4, 0.5) is 4.79 Å². The third-order valence-corrected chi connectivity index (χ3v) is 9.17. The van der Waals surface area contributed by atoms with Crippen LogP contribution < -0.4 is 5.32 Å². The van der Waals surface area contributed by atoms with Gasteiger partial charge in [0.15, 0.2) is 0 Å². The zero-order chi connectivity index (χ0) is 31.2. The molecule has 0 saturated carbocycles. The third kappa shape index (κ3) is 25.0. The van der Waals surface area contributed by atoms with Crippen LogP contribution in [-0.2, 0) is 41.8 Å². The molecule has 248 valence electrons. The van der Waals surface area contributed by atoms with Crippen molar-refractivity contribution < 1.29 is 46.6 Å². The van der Waals surface area contributed by atoms with Crippen LogP contribution in [-0.4, -0.2) is 100 Å². The van der Waals surface area contributed by atoms with Crippen molar-refractivity contribution in [2.75, 3.05) is 79.2 Å². The maximum absolute atomic E-state index is 11.7. The van der Waals surface area contributed by atoms with E-state index in [1.165, 1.54) is 32.1 Å². The molecule has 0 unspecified atom stereocenters. The summed E-state index contributed by atoms with van der Waals surface area (Å²) in [6, 6.07) is 0.898. The Morgan fingerprint density at radius 3 is 1.55 bits per heavy atom. The molecule has 0 aromatic heterocycles. The first-order chi connectivity index (χ1) is 20.4. The van der Waals surface area contributed by atoms with Gasteiger partial charge in [-0.25, -0.2) is 9.59 Å². The first-order valence-corrected chi connectivity index (χ1v) is 17.7. The van der Waals surface area contributed by atoms with Crippen molar-refractivity contribution in [3.63, 3.8) is 0 Å². The Hall–Kier alpha value is -1.54. The van der Waals surface area contributed by atoms with E-state index in [1.54, 1.807) is 6.92 Å². The minimum absolute atomic E-state index is 0.190. The molecule has 42 heavy (non-hydrogen) atoms. The SMILES string of the molecule is C=C(C)C(=O)OCCOCCOCCOCCNC(=O)OCCCCCCCCCCC[Si](OCC)(OCC)OCC. The molecular formula is C30H59NO10Si. The molecule has 12 heteroatoms. The molecule has 0 aliphatic heterocycles. The number of ether oxygens (including phenoxy) is 5. The predicted molar refractivity (Wildman–Crippen MR) is 165 cm³/mol. The number of nitrogens with one attached hydrogen (secondary N) is 1. The molecular weight excluding hydrogens is 562 g/mol. The van der Waals surface area contributed by atoms with Gasteiger partial charge >= 0.3 is 20.9 Å². The first-order valence-electron chi connectivity index (χ1n) is 15.8. The highest BCUT2D eigenvalue weighted by Gasteiger charge is 2.39. The van der Waals surface area contributed by atoms with Crippen LogP contribution >= 0.6 is 0 Å². The smallest absolute Gasteiger partial charge is 0.460 e. The van der Waals surface area contributed by atoms with E-state index in [9.17, 15) is 9.59 Å². The van der Waals surface area contributed by atoms with Crippen molar-refractivity contribution in [3.8, 4) is 0 Å². The Morgan fingerprint density at radius 1 is 0.595 bits per heavy atom. The van der Waals surface area contributed by atoms with E-state index in [-0.39, 0.29) is 6.61 Å². The fourth-order valence-corrected chi connectivity index (χ4v) is 6.67. The summed E-state index contributed by atoms with van der Waals surface area (Å²) in [6.45, 7) is 16.4. The van der Waals surface area contributed by atoms with Crippen molar-refractivity contribution in [2.24, 2.45) is 0 Å². The molecule has 0 saturated heterocycles. The molecule has 0 aromatic carbocycles. The minimum atomic E-state index is -2.49. The lowest BCUT2D eigenvalue weighted by Crippen LogP contribution is -2.45. The maximum atomic E-state index is 11.7. The normalized spacial score (nSPS) is 11.4. The molecule has 0 spiro atoms. The Morgan fingerprint density at radius 2 is 1.05 bits per heavy atom. The lowest BCUT2D eigenvalue weighted by atomic mass is 10.1. The van der Waals surface area contributed by atoms with E-state index in [2.05, 4.69) is 11.9 Å². The lowest BCUT2D eigenvalue weighted by molar-refractivity contribution is -0.140. The van der Waals surface area contributed by atoms with E-state index in [1.807, 2.05) is 20.8 Å². The second kappa shape index (κ2) is 29.5. The number of alkyl carbamates (subject to hydrolysis) is 1. The third-order valence-electron chi connectivity index (χ3n) is 6.02. The summed E-state index contributed by atoms with van der Waals surface area (Å²) in [4.78, 5) is 22.9. The minimum Gasteiger partial charge on any atom is -0.460 e. The van der Waals surface area contributed by atoms with Crippen molar-refractivity contribution >= 4 is 20.9 Å². The van der Waals surface area contributed by atoms with E-state index in [0.717, 1.165) is 31.7 Å². The highest BCUT2D eigenvalue weighted by Crippen LogP contribution is 2.21. The number of unbranched alkanes of at least 4 members (excludes halogenated alkanes) is 8. The highest BCUT2D eigenvalue weighted by atomic mass is 28.4. The molecule has 0 aliphatic carbocycles. The summed E-state index contributed by atoms with van der Waals surface area (Å²) in [6.07, 6.45) is 9.87. The zero-order valence-electron chi connectivity index (χ0n) is 26.8. The molecule has 1 amide bonds. The van der Waals surface area contributed by atoms with E-state index in [0.29, 0.717) is 78.2 Å². The second-order valence-corrected chi connectivity index (χ2v) is 12.5. The number of hydrogen-bond donors (Lipinski definition) is 1. The van der Waals surface area contributed by atoms with Crippen molar-refractivity contribution in [2.45, 2.75) is 91.5 Å². The number of esters is 1. The number of carbonyl (C=O) groups excluding carboxylic acids is 2. The van der Waals surface area contributed by atoms with E-state index >= 15 is 0 Å². The summed E-state index contributed by atoms with van der Waals surface area (Å²) in [5.74, 6) is -0.418. The molecule has 0 fully saturated rings. The molecule has 0 bridgehead atoms. The van der Waals surface area contributed by atoms with Crippen LogP contribution in [0.5, 0.6) is 0 Å². The van der Waals surface area contributed by atoms with Gasteiger partial charge in [0, 0.05) is 38.0 Å². The van der Waals surface area contributed by atoms with Gasteiger partial charge in [-0.15, -0.1) is 0 Å². The Bertz CT molecular complexity index is 651. The maximum Gasteiger partial charge on any atom is 0.500 e. The van der Waals surface area contributed by atoms with Gasteiger partial charge < -0.3 is 42.3 Å². The molecule has 0 heterocycles. The van der Waals surface area contributed by atoms with Crippen molar-refractivity contribution in [3.05, 3.63) is 12.2 Å². The van der Waals surface area contributed by atoms with Crippen molar-refractivity contribution in [1.82, 2.24) is 5.32 Å². The summed E-state index contributed by atoms with van der Waals surface area (Å²) in [5, 5.41) is 2.68. The van der Waals surface area contributed by atoms with Gasteiger partial charge in [0.2, 0.25) is 0 Å². The molecule has 0 atom stereocenters. The molecule has 0 aliphatic rings. The Labute approximate surface area is 255 Å². The molecule has 0 rings (SSSR count). The van der Waals surface area contributed by atoms with Gasteiger partial charge in [-0.1, -0.05) is 51.5 Å². The number of hydrogen-bond acceptors (Lipinski definition) is 10. The van der Waals surface area contributed by atoms with Crippen LogP contribution in [0.3, 0.4) is 0 Å². The van der Waals surface area contributed by atoms with Crippen LogP contribution in [0.15, 0.2) is 12.2 Å². The van der Waals surface area contributed by atoms with Gasteiger partial charge in [-0.2, -0.15) is 0 Å². The first kappa shape index (κ1) is 40.5. The lowest BCUT2D eigenvalue weighted by Gasteiger charge is -2.28. The average molecular weight is 622 g/mol. The topological polar surface area (TPSA) is 120 Å². The number of carbonyl (C=O) groups is 2. The van der Waals surface area contributed by atoms with Crippen LogP contribution in [0, 0.1) is 0 Å². The Kier molecular flexibility index (Phi) is 28.4. The Balaban J connectivity index is 3.42. The van der Waals surface area contributed by atoms with Gasteiger partial charge in [0.1, 0.15) is 6.61 Å². The summed E-state index contributed by atoms with van der Waals surface area (Å²) in [7, 11) is -2.49. The van der Waals surface area contributed by atoms with Crippen LogP contribution in [0.1, 0.15) is 85.5 Å². The largest absolute Gasteiger partial charge is 0.500 e. The van der Waals surface area contributed by atoms with Gasteiger partial charge in [0.25, 0.3) is 0 Å². The van der Waals surface area contributed by atoms with E-state index in [4.69, 9.17) is 37.0 Å². The fraction of sp³-hybridized carbons (Fsp3) is 0.867. The zero-order valence-corrected chi connectivity index (χ0v) is 27.8. The standard InChI is InChI=1S/C30H59NO10Si/c1-6-39-42(40-7-2,41-8-3)27-17-15-13-11-9-10-12-14-16-19-38-30(33)31-18-20-34-21-22-35-23-24-36-25-26-37-29(32)28(4)5/h4,6-27H2,1-3,5H3,(H,31,33). The average Bonchev–Trinajstić information content (AvgIpc) is 2.96. The van der Waals surface area contributed by atoms with Crippen LogP contribution in [0.2, 0.25) is 6.04 Å². The van der Waals surface area contributed by atoms with Gasteiger partial charge in [-0.3, -0.25) is 0 Å². The summed E-state index contributed by atoms with van der Waals surface area (Å²) < 4.78 is 44.0. The second-order valence-electron chi connectivity index (χ2n) is 9.73. The van der Waals surface area contributed by atoms with Gasteiger partial charge in [-0.05, 0) is 40.5 Å². The molecule has 11 nitrogen and oxygen atoms in total. The molecule has 0 aromatic rings. The summed E-state index contributed by atoms with van der Waals surface area (Å²) in [5.41, 5.74) is 0.365. The molecule has 0 radical (unpaired) electrons. The summed E-state index contributed by atoms with van der Waals surface area (Å²) >= 11 is 0. The highest BCUT2D eigenvalue weighted by molar-refractivity contribution is 6.60. The van der Waals surface area contributed by atoms with Crippen LogP contribution in [0.25, 0.3) is 0 Å². The van der Waals surface area contributed by atoms with Gasteiger partial charge in [0.05, 0.1) is 46.2 Å². The molecule has 1 N–H and O–H groups in total. The van der Waals surface area contributed by atoms with E-state index < -0.39 is 20.9 Å². The number of amides is 1. The number of rotatable bonds is 31.